The van der Waals surface area contributed by atoms with Gasteiger partial charge in [0.15, 0.2) is 0 Å². The molecule has 108 valence electrons. The lowest BCUT2D eigenvalue weighted by Gasteiger charge is -2.21. The molecule has 0 aliphatic heterocycles. The molecule has 1 aromatic carbocycles. The first-order chi connectivity index (χ1) is 9.29. The van der Waals surface area contributed by atoms with Gasteiger partial charge in [0.1, 0.15) is 22.2 Å². The van der Waals surface area contributed by atoms with E-state index in [-0.39, 0.29) is 5.41 Å². The quantitative estimate of drug-likeness (QED) is 0.742. The van der Waals surface area contributed by atoms with E-state index in [2.05, 4.69) is 25.8 Å². The predicted octanol–water partition coefficient (Wildman–Crippen LogP) is 4.86. The zero-order chi connectivity index (χ0) is 15.1. The molecule has 0 spiro atoms. The number of rotatable bonds is 2. The zero-order valence-electron chi connectivity index (χ0n) is 12.2. The predicted molar refractivity (Wildman–Crippen MR) is 83.6 cm³/mol. The van der Waals surface area contributed by atoms with Crippen LogP contribution in [0.15, 0.2) is 12.1 Å². The maximum atomic E-state index is 6.31. The molecule has 1 aromatic heterocycles. The Morgan fingerprint density at radius 3 is 2.20 bits per heavy atom. The number of ether oxygens (including phenoxy) is 2. The summed E-state index contributed by atoms with van der Waals surface area (Å²) in [5, 5.41) is 1.75. The van der Waals surface area contributed by atoms with Crippen molar-refractivity contribution in [2.24, 2.45) is 0 Å². The Hall–Kier alpha value is -1.19. The second-order valence-electron chi connectivity index (χ2n) is 5.57. The fourth-order valence-corrected chi connectivity index (χ4v) is 2.82. The van der Waals surface area contributed by atoms with Crippen molar-refractivity contribution in [3.63, 3.8) is 0 Å². The number of hydrogen-bond acceptors (Lipinski definition) is 3. The lowest BCUT2D eigenvalue weighted by atomic mass is 9.87. The van der Waals surface area contributed by atoms with E-state index in [0.717, 1.165) is 10.9 Å². The van der Waals surface area contributed by atoms with Crippen molar-refractivity contribution >= 4 is 34.1 Å². The van der Waals surface area contributed by atoms with Gasteiger partial charge in [0, 0.05) is 11.5 Å². The third-order valence-electron chi connectivity index (χ3n) is 3.16. The molecule has 3 nitrogen and oxygen atoms in total. The molecule has 0 aliphatic carbocycles. The van der Waals surface area contributed by atoms with Gasteiger partial charge in [-0.25, -0.2) is 4.98 Å². The number of methoxy groups -OCH3 is 2. The molecule has 2 aromatic rings. The van der Waals surface area contributed by atoms with Gasteiger partial charge in [0.05, 0.1) is 19.2 Å². The molecule has 20 heavy (non-hydrogen) atoms. The SMILES string of the molecule is COc1c(Cl)cc(OC)c2nc(Cl)c(C(C)(C)C)cc12. The van der Waals surface area contributed by atoms with E-state index < -0.39 is 0 Å². The highest BCUT2D eigenvalue weighted by Crippen LogP contribution is 2.41. The van der Waals surface area contributed by atoms with Crippen LogP contribution >= 0.6 is 23.2 Å². The van der Waals surface area contributed by atoms with Gasteiger partial charge in [0.25, 0.3) is 0 Å². The molecule has 0 bridgehead atoms. The van der Waals surface area contributed by atoms with Crippen LogP contribution in [0.1, 0.15) is 26.3 Å². The number of halogens is 2. The largest absolute Gasteiger partial charge is 0.494 e. The van der Waals surface area contributed by atoms with Crippen molar-refractivity contribution in [2.45, 2.75) is 26.2 Å². The summed E-state index contributed by atoms with van der Waals surface area (Å²) >= 11 is 12.5. The topological polar surface area (TPSA) is 31.4 Å². The van der Waals surface area contributed by atoms with Crippen molar-refractivity contribution in [1.29, 1.82) is 0 Å². The first kappa shape index (κ1) is 15.2. The number of pyridine rings is 1. The standard InChI is InChI=1S/C15H17Cl2NO2/c1-15(2,3)9-6-8-12(18-14(9)17)11(19-4)7-10(16)13(8)20-5/h6-7H,1-5H3. The molecule has 0 fully saturated rings. The minimum Gasteiger partial charge on any atom is -0.494 e. The molecular weight excluding hydrogens is 297 g/mol. The monoisotopic (exact) mass is 313 g/mol. The van der Waals surface area contributed by atoms with E-state index in [1.165, 1.54) is 0 Å². The van der Waals surface area contributed by atoms with Gasteiger partial charge in [-0.05, 0) is 17.0 Å². The van der Waals surface area contributed by atoms with Gasteiger partial charge in [0.2, 0.25) is 0 Å². The summed E-state index contributed by atoms with van der Waals surface area (Å²) in [4.78, 5) is 4.46. The Balaban J connectivity index is 2.91. The van der Waals surface area contributed by atoms with Crippen LogP contribution in [0.25, 0.3) is 10.9 Å². The van der Waals surface area contributed by atoms with Crippen LogP contribution in [-0.2, 0) is 5.41 Å². The van der Waals surface area contributed by atoms with Crippen LogP contribution in [0.3, 0.4) is 0 Å². The number of aromatic nitrogens is 1. The molecule has 0 unspecified atom stereocenters. The van der Waals surface area contributed by atoms with Crippen molar-refractivity contribution in [3.05, 3.63) is 27.9 Å². The lowest BCUT2D eigenvalue weighted by molar-refractivity contribution is 0.410. The zero-order valence-corrected chi connectivity index (χ0v) is 13.7. The Morgan fingerprint density at radius 1 is 1.05 bits per heavy atom. The Labute approximate surface area is 128 Å². The summed E-state index contributed by atoms with van der Waals surface area (Å²) in [6.45, 7) is 6.24. The van der Waals surface area contributed by atoms with E-state index in [9.17, 15) is 0 Å². The molecule has 5 heteroatoms. The van der Waals surface area contributed by atoms with E-state index in [0.29, 0.717) is 27.2 Å². The Bertz CT molecular complexity index is 663. The van der Waals surface area contributed by atoms with Gasteiger partial charge in [-0.2, -0.15) is 0 Å². The van der Waals surface area contributed by atoms with Gasteiger partial charge in [-0.15, -0.1) is 0 Å². The summed E-state index contributed by atoms with van der Waals surface area (Å²) < 4.78 is 10.7. The van der Waals surface area contributed by atoms with E-state index in [1.54, 1.807) is 20.3 Å². The third-order valence-corrected chi connectivity index (χ3v) is 3.73. The summed E-state index contributed by atoms with van der Waals surface area (Å²) in [7, 11) is 3.16. The van der Waals surface area contributed by atoms with Crippen LogP contribution in [0.2, 0.25) is 10.2 Å². The second-order valence-corrected chi connectivity index (χ2v) is 6.33. The first-order valence-electron chi connectivity index (χ1n) is 6.20. The maximum Gasteiger partial charge on any atom is 0.147 e. The third kappa shape index (κ3) is 2.52. The Morgan fingerprint density at radius 2 is 1.70 bits per heavy atom. The second kappa shape index (κ2) is 5.30. The van der Waals surface area contributed by atoms with Gasteiger partial charge < -0.3 is 9.47 Å². The normalized spacial score (nSPS) is 11.8. The maximum absolute atomic E-state index is 6.31. The van der Waals surface area contributed by atoms with Gasteiger partial charge in [-0.3, -0.25) is 0 Å². The molecule has 0 saturated heterocycles. The average molecular weight is 314 g/mol. The highest BCUT2D eigenvalue weighted by Gasteiger charge is 2.22. The van der Waals surface area contributed by atoms with Crippen LogP contribution in [0.4, 0.5) is 0 Å². The van der Waals surface area contributed by atoms with Gasteiger partial charge >= 0.3 is 0 Å². The van der Waals surface area contributed by atoms with Crippen molar-refractivity contribution in [2.75, 3.05) is 14.2 Å². The molecule has 0 atom stereocenters. The van der Waals surface area contributed by atoms with Crippen molar-refractivity contribution in [3.8, 4) is 11.5 Å². The minimum atomic E-state index is -0.126. The highest BCUT2D eigenvalue weighted by molar-refractivity contribution is 6.34. The smallest absolute Gasteiger partial charge is 0.147 e. The molecule has 0 saturated carbocycles. The lowest BCUT2D eigenvalue weighted by Crippen LogP contribution is -2.13. The van der Waals surface area contributed by atoms with Gasteiger partial charge in [-0.1, -0.05) is 44.0 Å². The average Bonchev–Trinajstić information content (AvgIpc) is 2.36. The molecule has 0 amide bonds. The van der Waals surface area contributed by atoms with Crippen LogP contribution < -0.4 is 9.47 Å². The minimum absolute atomic E-state index is 0.126. The molecule has 0 radical (unpaired) electrons. The fraction of sp³-hybridized carbons (Fsp3) is 0.400. The van der Waals surface area contributed by atoms with Crippen LogP contribution in [0.5, 0.6) is 11.5 Å². The highest BCUT2D eigenvalue weighted by atomic mass is 35.5. The molecule has 0 N–H and O–H groups in total. The van der Waals surface area contributed by atoms with E-state index in [4.69, 9.17) is 32.7 Å². The fourth-order valence-electron chi connectivity index (χ4n) is 2.12. The summed E-state index contributed by atoms with van der Waals surface area (Å²) in [6.07, 6.45) is 0. The summed E-state index contributed by atoms with van der Waals surface area (Å²) in [5.41, 5.74) is 1.46. The van der Waals surface area contributed by atoms with E-state index in [1.807, 2.05) is 6.07 Å². The first-order valence-corrected chi connectivity index (χ1v) is 6.96. The summed E-state index contributed by atoms with van der Waals surface area (Å²) in [6, 6.07) is 3.65. The molecule has 1 heterocycles. The molecule has 0 aliphatic rings. The number of nitrogens with zero attached hydrogens (tertiary/aromatic N) is 1. The number of hydrogen-bond donors (Lipinski definition) is 0. The summed E-state index contributed by atoms with van der Waals surface area (Å²) in [5.74, 6) is 1.16. The molecule has 2 rings (SSSR count). The van der Waals surface area contributed by atoms with E-state index >= 15 is 0 Å². The molecular formula is C15H17Cl2NO2. The van der Waals surface area contributed by atoms with Crippen molar-refractivity contribution < 1.29 is 9.47 Å². The Kier molecular flexibility index (Phi) is 4.03. The number of benzene rings is 1. The van der Waals surface area contributed by atoms with Crippen LogP contribution in [-0.4, -0.2) is 19.2 Å². The van der Waals surface area contributed by atoms with Crippen LogP contribution in [0, 0.1) is 0 Å². The number of fused-ring (bicyclic) bond motifs is 1. The van der Waals surface area contributed by atoms with Crippen molar-refractivity contribution in [1.82, 2.24) is 4.98 Å².